The Morgan fingerprint density at radius 3 is 2.52 bits per heavy atom. The van der Waals surface area contributed by atoms with Crippen LogP contribution in [-0.4, -0.2) is 47.3 Å². The van der Waals surface area contributed by atoms with Gasteiger partial charge in [-0.3, -0.25) is 4.90 Å². The average molecular weight is 310 g/mol. The van der Waals surface area contributed by atoms with Gasteiger partial charge in [-0.15, -0.1) is 0 Å². The molecule has 0 aliphatic rings. The lowest BCUT2D eigenvalue weighted by Gasteiger charge is -2.29. The maximum Gasteiger partial charge on any atom is 0.129 e. The Morgan fingerprint density at radius 2 is 1.95 bits per heavy atom. The van der Waals surface area contributed by atoms with Gasteiger partial charge in [-0.25, -0.2) is 0 Å². The van der Waals surface area contributed by atoms with Crippen molar-refractivity contribution >= 4 is 17.2 Å². The average Bonchev–Trinajstić information content (AvgIpc) is 2.48. The van der Waals surface area contributed by atoms with Gasteiger partial charge in [0.15, 0.2) is 0 Å². The molecule has 0 saturated carbocycles. The van der Waals surface area contributed by atoms with Crippen LogP contribution in [0.25, 0.3) is 0 Å². The molecule has 0 heterocycles. The quantitative estimate of drug-likeness (QED) is 0.649. The summed E-state index contributed by atoms with van der Waals surface area (Å²) in [7, 11) is 0. The van der Waals surface area contributed by atoms with Crippen molar-refractivity contribution in [1.82, 2.24) is 4.90 Å². The predicted octanol–water partition coefficient (Wildman–Crippen LogP) is 2.18. The smallest absolute Gasteiger partial charge is 0.129 e. The largest absolute Gasteiger partial charge is 0.492 e. The molecule has 0 atom stereocenters. The number of rotatable bonds is 10. The monoisotopic (exact) mass is 310 g/mol. The second kappa shape index (κ2) is 9.71. The summed E-state index contributed by atoms with van der Waals surface area (Å²) in [5, 5.41) is 9.19. The van der Waals surface area contributed by atoms with Gasteiger partial charge in [-0.1, -0.05) is 38.2 Å². The molecule has 5 heteroatoms. The van der Waals surface area contributed by atoms with Crippen LogP contribution in [0, 0.1) is 0 Å². The zero-order chi connectivity index (χ0) is 15.7. The molecular formula is C16H26N2O2S. The van der Waals surface area contributed by atoms with Crippen molar-refractivity contribution in [3.8, 4) is 5.75 Å². The van der Waals surface area contributed by atoms with Gasteiger partial charge in [0.05, 0.1) is 12.2 Å². The van der Waals surface area contributed by atoms with E-state index >= 15 is 0 Å². The van der Waals surface area contributed by atoms with Crippen molar-refractivity contribution in [1.29, 1.82) is 0 Å². The fourth-order valence-electron chi connectivity index (χ4n) is 2.48. The highest BCUT2D eigenvalue weighted by Crippen LogP contribution is 2.18. The summed E-state index contributed by atoms with van der Waals surface area (Å²) in [6.45, 7) is 6.50. The van der Waals surface area contributed by atoms with E-state index in [1.807, 2.05) is 24.3 Å². The summed E-state index contributed by atoms with van der Waals surface area (Å²) < 4.78 is 5.82. The van der Waals surface area contributed by atoms with Crippen molar-refractivity contribution in [2.45, 2.75) is 32.7 Å². The molecule has 0 aliphatic heterocycles. The molecule has 0 amide bonds. The van der Waals surface area contributed by atoms with Crippen LogP contribution in [0.5, 0.6) is 5.75 Å². The summed E-state index contributed by atoms with van der Waals surface area (Å²) in [6, 6.07) is 8.02. The van der Waals surface area contributed by atoms with E-state index in [4.69, 9.17) is 22.7 Å². The molecule has 1 aromatic carbocycles. The van der Waals surface area contributed by atoms with Gasteiger partial charge in [0.2, 0.25) is 0 Å². The van der Waals surface area contributed by atoms with E-state index < -0.39 is 0 Å². The third kappa shape index (κ3) is 5.61. The Labute approximate surface area is 132 Å². The predicted molar refractivity (Wildman–Crippen MR) is 90.9 cm³/mol. The first kappa shape index (κ1) is 17.9. The number of nitrogens with zero attached hydrogens (tertiary/aromatic N) is 1. The number of thiocarbonyl (C=S) groups is 1. The van der Waals surface area contributed by atoms with E-state index in [-0.39, 0.29) is 6.61 Å². The SMILES string of the molecule is CCC(CC)N(CCO)CCOc1ccccc1C(N)=S. The van der Waals surface area contributed by atoms with Crippen molar-refractivity contribution in [3.05, 3.63) is 29.8 Å². The molecule has 4 nitrogen and oxygen atoms in total. The topological polar surface area (TPSA) is 58.7 Å². The molecule has 3 N–H and O–H groups in total. The summed E-state index contributed by atoms with van der Waals surface area (Å²) in [4.78, 5) is 2.61. The first-order chi connectivity index (χ1) is 10.1. The highest BCUT2D eigenvalue weighted by molar-refractivity contribution is 7.80. The lowest BCUT2D eigenvalue weighted by atomic mass is 10.1. The van der Waals surface area contributed by atoms with Crippen LogP contribution in [0.2, 0.25) is 0 Å². The maximum absolute atomic E-state index is 9.19. The molecule has 0 bridgehead atoms. The molecule has 1 aromatic rings. The molecule has 0 aromatic heterocycles. The van der Waals surface area contributed by atoms with Crippen molar-refractivity contribution in [3.63, 3.8) is 0 Å². The van der Waals surface area contributed by atoms with Crippen molar-refractivity contribution < 1.29 is 9.84 Å². The Balaban J connectivity index is 2.60. The molecule has 0 aliphatic carbocycles. The van der Waals surface area contributed by atoms with E-state index in [2.05, 4.69) is 18.7 Å². The molecule has 0 fully saturated rings. The number of hydrogen-bond acceptors (Lipinski definition) is 4. The second-order valence-electron chi connectivity index (χ2n) is 4.94. The van der Waals surface area contributed by atoms with Crippen LogP contribution in [0.15, 0.2) is 24.3 Å². The molecule has 0 saturated heterocycles. The van der Waals surface area contributed by atoms with Crippen molar-refractivity contribution in [2.24, 2.45) is 5.73 Å². The third-order valence-electron chi connectivity index (χ3n) is 3.63. The van der Waals surface area contributed by atoms with Crippen LogP contribution in [0.3, 0.4) is 0 Å². The highest BCUT2D eigenvalue weighted by atomic mass is 32.1. The van der Waals surface area contributed by atoms with Crippen LogP contribution in [0.1, 0.15) is 32.3 Å². The lowest BCUT2D eigenvalue weighted by Crippen LogP contribution is -2.39. The van der Waals surface area contributed by atoms with E-state index in [1.54, 1.807) is 0 Å². The molecule has 118 valence electrons. The van der Waals surface area contributed by atoms with Crippen LogP contribution in [-0.2, 0) is 0 Å². The lowest BCUT2D eigenvalue weighted by molar-refractivity contribution is 0.122. The van der Waals surface area contributed by atoms with E-state index in [1.165, 1.54) is 0 Å². The Morgan fingerprint density at radius 1 is 1.29 bits per heavy atom. The molecule has 1 rings (SSSR count). The minimum absolute atomic E-state index is 0.167. The van der Waals surface area contributed by atoms with Gasteiger partial charge in [-0.05, 0) is 25.0 Å². The number of benzene rings is 1. The molecule has 0 radical (unpaired) electrons. The normalized spacial score (nSPS) is 11.1. The van der Waals surface area contributed by atoms with E-state index in [0.717, 1.165) is 30.7 Å². The first-order valence-electron chi connectivity index (χ1n) is 7.50. The summed E-state index contributed by atoms with van der Waals surface area (Å²) in [5.41, 5.74) is 6.46. The maximum atomic E-state index is 9.19. The number of hydrogen-bond donors (Lipinski definition) is 2. The van der Waals surface area contributed by atoms with Crippen LogP contribution >= 0.6 is 12.2 Å². The molecule has 21 heavy (non-hydrogen) atoms. The number of aliphatic hydroxyl groups excluding tert-OH is 1. The number of para-hydroxylation sites is 1. The Bertz CT molecular complexity index is 436. The number of nitrogens with two attached hydrogens (primary N) is 1. The fourth-order valence-corrected chi connectivity index (χ4v) is 2.65. The van der Waals surface area contributed by atoms with Gasteiger partial charge in [0.25, 0.3) is 0 Å². The van der Waals surface area contributed by atoms with E-state index in [9.17, 15) is 5.11 Å². The fraction of sp³-hybridized carbons (Fsp3) is 0.562. The van der Waals surface area contributed by atoms with Gasteiger partial charge >= 0.3 is 0 Å². The minimum Gasteiger partial charge on any atom is -0.492 e. The summed E-state index contributed by atoms with van der Waals surface area (Å²) in [6.07, 6.45) is 2.14. The molecule has 0 unspecified atom stereocenters. The van der Waals surface area contributed by atoms with Crippen LogP contribution < -0.4 is 10.5 Å². The number of ether oxygens (including phenoxy) is 1. The van der Waals surface area contributed by atoms with Gasteiger partial charge in [0, 0.05) is 19.1 Å². The standard InChI is InChI=1S/C16H26N2O2S/c1-3-13(4-2)18(9-11-19)10-12-20-15-8-6-5-7-14(15)16(17)21/h5-8,13,19H,3-4,9-12H2,1-2H3,(H2,17,21). The zero-order valence-electron chi connectivity index (χ0n) is 12.9. The minimum atomic E-state index is 0.167. The van der Waals surface area contributed by atoms with Gasteiger partial charge in [-0.2, -0.15) is 0 Å². The highest BCUT2D eigenvalue weighted by Gasteiger charge is 2.14. The summed E-state index contributed by atoms with van der Waals surface area (Å²) >= 11 is 5.03. The van der Waals surface area contributed by atoms with Crippen molar-refractivity contribution in [2.75, 3.05) is 26.3 Å². The van der Waals surface area contributed by atoms with Crippen LogP contribution in [0.4, 0.5) is 0 Å². The molecular weight excluding hydrogens is 284 g/mol. The first-order valence-corrected chi connectivity index (χ1v) is 7.91. The molecule has 0 spiro atoms. The number of aliphatic hydroxyl groups is 1. The van der Waals surface area contributed by atoms with Gasteiger partial charge < -0.3 is 15.6 Å². The zero-order valence-corrected chi connectivity index (χ0v) is 13.7. The summed E-state index contributed by atoms with van der Waals surface area (Å²) in [5.74, 6) is 0.721. The Kier molecular flexibility index (Phi) is 8.27. The third-order valence-corrected chi connectivity index (χ3v) is 3.85. The second-order valence-corrected chi connectivity index (χ2v) is 5.38. The Hall–Kier alpha value is -1.17. The van der Waals surface area contributed by atoms with E-state index in [0.29, 0.717) is 24.2 Å². The van der Waals surface area contributed by atoms with Gasteiger partial charge in [0.1, 0.15) is 17.3 Å².